The first-order chi connectivity index (χ1) is 11.6. The van der Waals surface area contributed by atoms with Gasteiger partial charge < -0.3 is 15.5 Å². The summed E-state index contributed by atoms with van der Waals surface area (Å²) in [5, 5.41) is 15.1. The Morgan fingerprint density at radius 1 is 1.38 bits per heavy atom. The summed E-state index contributed by atoms with van der Waals surface area (Å²) in [4.78, 5) is 12.7. The van der Waals surface area contributed by atoms with E-state index < -0.39 is 0 Å². The molecule has 3 rings (SSSR count). The van der Waals surface area contributed by atoms with Crippen LogP contribution in [-0.2, 0) is 0 Å². The number of aromatic nitrogens is 3. The molecule has 2 aromatic rings. The third kappa shape index (κ3) is 3.89. The molecular weight excluding hydrogens is 304 g/mol. The fraction of sp³-hybridized carbons (Fsp3) is 0.375. The standard InChI is InChI=1S/C16H22N8/c1-12-9-16(22-21-12)20-14(17)10-15(18)24-7-5-23(6-8-24)13-3-2-4-19-11-13/h2-4,9,11,18H,5-8,10H2,1H3,(H3,17,20,21,22). The fourth-order valence-corrected chi connectivity index (χ4v) is 2.71. The van der Waals surface area contributed by atoms with Crippen LogP contribution in [0.4, 0.5) is 11.5 Å². The molecule has 126 valence electrons. The number of hydrogen-bond donors (Lipinski definition) is 3. The van der Waals surface area contributed by atoms with E-state index in [2.05, 4.69) is 31.1 Å². The maximum atomic E-state index is 8.26. The average Bonchev–Trinajstić information content (AvgIpc) is 3.00. The van der Waals surface area contributed by atoms with Gasteiger partial charge in [0.15, 0.2) is 5.82 Å². The minimum atomic E-state index is 0.332. The van der Waals surface area contributed by atoms with Gasteiger partial charge in [-0.1, -0.05) is 0 Å². The molecule has 0 atom stereocenters. The molecule has 1 aliphatic rings. The minimum Gasteiger partial charge on any atom is -0.387 e. The Labute approximate surface area is 140 Å². The number of amidine groups is 2. The lowest BCUT2D eigenvalue weighted by Gasteiger charge is -2.37. The van der Waals surface area contributed by atoms with Crippen molar-refractivity contribution in [2.45, 2.75) is 13.3 Å². The number of pyridine rings is 1. The average molecular weight is 326 g/mol. The molecule has 0 aromatic carbocycles. The molecule has 1 saturated heterocycles. The lowest BCUT2D eigenvalue weighted by atomic mass is 10.2. The van der Waals surface area contributed by atoms with Crippen LogP contribution in [0, 0.1) is 12.3 Å². The van der Waals surface area contributed by atoms with Crippen molar-refractivity contribution in [3.8, 4) is 0 Å². The summed E-state index contributed by atoms with van der Waals surface area (Å²) in [7, 11) is 0. The van der Waals surface area contributed by atoms with Gasteiger partial charge in [-0.3, -0.25) is 15.5 Å². The fourth-order valence-electron chi connectivity index (χ4n) is 2.71. The number of rotatable bonds is 4. The molecule has 0 spiro atoms. The molecule has 3 heterocycles. The van der Waals surface area contributed by atoms with E-state index in [4.69, 9.17) is 11.1 Å². The van der Waals surface area contributed by atoms with Crippen molar-refractivity contribution < 1.29 is 0 Å². The van der Waals surface area contributed by atoms with Crippen LogP contribution in [0.3, 0.4) is 0 Å². The van der Waals surface area contributed by atoms with Gasteiger partial charge in [0, 0.05) is 44.1 Å². The van der Waals surface area contributed by atoms with Crippen LogP contribution in [0.1, 0.15) is 12.1 Å². The van der Waals surface area contributed by atoms with Gasteiger partial charge in [0.05, 0.1) is 18.3 Å². The van der Waals surface area contributed by atoms with Crippen LogP contribution >= 0.6 is 0 Å². The van der Waals surface area contributed by atoms with Gasteiger partial charge in [0.2, 0.25) is 0 Å². The Kier molecular flexibility index (Phi) is 4.74. The lowest BCUT2D eigenvalue weighted by molar-refractivity contribution is 0.379. The summed E-state index contributed by atoms with van der Waals surface area (Å²) in [5.74, 6) is 1.45. The highest BCUT2D eigenvalue weighted by Crippen LogP contribution is 2.15. The van der Waals surface area contributed by atoms with Crippen molar-refractivity contribution in [2.24, 2.45) is 10.7 Å². The molecule has 2 aromatic heterocycles. The molecule has 0 radical (unpaired) electrons. The maximum absolute atomic E-state index is 8.26. The Morgan fingerprint density at radius 2 is 2.17 bits per heavy atom. The molecule has 8 heteroatoms. The predicted molar refractivity (Wildman–Crippen MR) is 95.0 cm³/mol. The van der Waals surface area contributed by atoms with Gasteiger partial charge in [-0.05, 0) is 19.1 Å². The van der Waals surface area contributed by atoms with E-state index in [9.17, 15) is 0 Å². The Balaban J connectivity index is 1.52. The van der Waals surface area contributed by atoms with Gasteiger partial charge in [-0.25, -0.2) is 4.99 Å². The van der Waals surface area contributed by atoms with Crippen molar-refractivity contribution in [3.63, 3.8) is 0 Å². The smallest absolute Gasteiger partial charge is 0.175 e. The number of H-pyrrole nitrogens is 1. The van der Waals surface area contributed by atoms with Gasteiger partial charge in [-0.15, -0.1) is 0 Å². The van der Waals surface area contributed by atoms with Gasteiger partial charge in [-0.2, -0.15) is 5.10 Å². The number of aliphatic imine (C=N–C) groups is 1. The lowest BCUT2D eigenvalue weighted by Crippen LogP contribution is -2.49. The summed E-state index contributed by atoms with van der Waals surface area (Å²) in [6.07, 6.45) is 3.98. The van der Waals surface area contributed by atoms with E-state index >= 15 is 0 Å². The monoisotopic (exact) mass is 326 g/mol. The molecule has 0 bridgehead atoms. The number of nitrogens with two attached hydrogens (primary N) is 1. The van der Waals surface area contributed by atoms with E-state index in [0.29, 0.717) is 23.9 Å². The number of aromatic amines is 1. The normalized spacial score (nSPS) is 15.6. The van der Waals surface area contributed by atoms with Crippen molar-refractivity contribution in [1.82, 2.24) is 20.1 Å². The van der Waals surface area contributed by atoms with E-state index in [1.807, 2.05) is 30.2 Å². The summed E-state index contributed by atoms with van der Waals surface area (Å²) >= 11 is 0. The number of aryl methyl sites for hydroxylation is 1. The van der Waals surface area contributed by atoms with Gasteiger partial charge in [0.25, 0.3) is 0 Å². The quantitative estimate of drug-likeness (QED) is 0.579. The third-order valence-corrected chi connectivity index (χ3v) is 3.97. The second-order valence-corrected chi connectivity index (χ2v) is 5.82. The number of anilines is 1. The first kappa shape index (κ1) is 16.0. The van der Waals surface area contributed by atoms with E-state index in [1.54, 1.807) is 6.20 Å². The Morgan fingerprint density at radius 3 is 2.79 bits per heavy atom. The zero-order valence-electron chi connectivity index (χ0n) is 13.7. The molecule has 0 saturated carbocycles. The number of nitrogens with one attached hydrogen (secondary N) is 2. The van der Waals surface area contributed by atoms with E-state index in [1.165, 1.54) is 0 Å². The minimum absolute atomic E-state index is 0.332. The maximum Gasteiger partial charge on any atom is 0.175 e. The molecule has 1 aliphatic heterocycles. The van der Waals surface area contributed by atoms with Crippen LogP contribution in [0.5, 0.6) is 0 Å². The second-order valence-electron chi connectivity index (χ2n) is 5.82. The Hall–Kier alpha value is -2.90. The van der Waals surface area contributed by atoms with Crippen LogP contribution in [0.2, 0.25) is 0 Å². The SMILES string of the molecule is Cc1cc(N=C(N)CC(=N)N2CCN(c3cccnc3)CC2)n[nH]1. The van der Waals surface area contributed by atoms with Crippen molar-refractivity contribution in [2.75, 3.05) is 31.1 Å². The molecule has 1 fully saturated rings. The molecule has 8 nitrogen and oxygen atoms in total. The molecule has 4 N–H and O–H groups in total. The highest BCUT2D eigenvalue weighted by atomic mass is 15.3. The summed E-state index contributed by atoms with van der Waals surface area (Å²) < 4.78 is 0. The number of piperazine rings is 1. The topological polar surface area (TPSA) is 110 Å². The van der Waals surface area contributed by atoms with Gasteiger partial charge >= 0.3 is 0 Å². The highest BCUT2D eigenvalue weighted by Gasteiger charge is 2.19. The molecule has 0 aliphatic carbocycles. The molecule has 0 unspecified atom stereocenters. The zero-order valence-corrected chi connectivity index (χ0v) is 13.7. The second kappa shape index (κ2) is 7.12. The number of nitrogens with zero attached hydrogens (tertiary/aromatic N) is 5. The zero-order chi connectivity index (χ0) is 16.9. The molecular formula is C16H22N8. The van der Waals surface area contributed by atoms with Crippen LogP contribution in [0.25, 0.3) is 0 Å². The molecule has 24 heavy (non-hydrogen) atoms. The van der Waals surface area contributed by atoms with Crippen molar-refractivity contribution in [3.05, 3.63) is 36.3 Å². The van der Waals surface area contributed by atoms with Crippen molar-refractivity contribution >= 4 is 23.2 Å². The highest BCUT2D eigenvalue weighted by molar-refractivity contribution is 6.01. The van der Waals surface area contributed by atoms with Gasteiger partial charge in [0.1, 0.15) is 11.7 Å². The summed E-state index contributed by atoms with van der Waals surface area (Å²) in [6.45, 7) is 5.23. The van der Waals surface area contributed by atoms with Crippen molar-refractivity contribution in [1.29, 1.82) is 5.41 Å². The summed E-state index contributed by atoms with van der Waals surface area (Å²) in [5.41, 5.74) is 8.01. The van der Waals surface area contributed by atoms with Crippen LogP contribution in [-0.4, -0.2) is 57.9 Å². The molecule has 0 amide bonds. The van der Waals surface area contributed by atoms with Crippen LogP contribution in [0.15, 0.2) is 35.6 Å². The van der Waals surface area contributed by atoms with Crippen LogP contribution < -0.4 is 10.6 Å². The first-order valence-electron chi connectivity index (χ1n) is 7.94. The van der Waals surface area contributed by atoms with E-state index in [0.717, 1.165) is 37.6 Å². The summed E-state index contributed by atoms with van der Waals surface area (Å²) in [6, 6.07) is 5.82. The number of hydrogen-bond acceptors (Lipinski definition) is 5. The largest absolute Gasteiger partial charge is 0.387 e. The first-order valence-corrected chi connectivity index (χ1v) is 7.94. The third-order valence-electron chi connectivity index (χ3n) is 3.97. The predicted octanol–water partition coefficient (Wildman–Crippen LogP) is 1.29. The Bertz CT molecular complexity index is 713. The van der Waals surface area contributed by atoms with E-state index in [-0.39, 0.29) is 0 Å².